The predicted molar refractivity (Wildman–Crippen MR) is 346 cm³/mol. The van der Waals surface area contributed by atoms with Gasteiger partial charge in [0.15, 0.2) is 0 Å². The molecule has 9 nitrogen and oxygen atoms in total. The second-order valence-electron chi connectivity index (χ2n) is 23.6. The molecule has 0 saturated heterocycles. The zero-order valence-corrected chi connectivity index (χ0v) is 54.0. The number of amides is 1. The maximum Gasteiger partial charge on any atom is 0.472 e. The first-order valence-electron chi connectivity index (χ1n) is 33.4. The highest BCUT2D eigenvalue weighted by Gasteiger charge is 2.30. The van der Waals surface area contributed by atoms with Crippen LogP contribution in [-0.2, 0) is 27.9 Å². The van der Waals surface area contributed by atoms with Crippen molar-refractivity contribution in [2.75, 3.05) is 40.9 Å². The molecule has 0 aliphatic carbocycles. The molecule has 0 spiro atoms. The van der Waals surface area contributed by atoms with E-state index in [1.165, 1.54) is 154 Å². The van der Waals surface area contributed by atoms with Gasteiger partial charge in [-0.05, 0) is 102 Å². The average molecular weight is 1140 g/mol. The summed E-state index contributed by atoms with van der Waals surface area (Å²) in [7, 11) is 1.48. The molecule has 3 unspecified atom stereocenters. The SMILES string of the molecule is CC/C=C\C/C=C\C/C=C\C/C=C\C/C=C\CCCCCCCC(=O)NC(COP(=O)(O)OCC[N+](C)(C)C)C(/C=C/CCCCCCCCCCCC)OC(=O)CCCCCCCCCCCCC/C=C/CCCCCCCC. The van der Waals surface area contributed by atoms with E-state index in [0.29, 0.717) is 17.4 Å². The van der Waals surface area contributed by atoms with Crippen LogP contribution in [0.5, 0.6) is 0 Å². The molecule has 0 aromatic carbocycles. The number of esters is 1. The van der Waals surface area contributed by atoms with Crippen molar-refractivity contribution in [3.05, 3.63) is 85.1 Å². The van der Waals surface area contributed by atoms with E-state index in [1.54, 1.807) is 0 Å². The number of nitrogens with zero attached hydrogens (tertiary/aromatic N) is 1. The molecule has 0 rings (SSSR count). The van der Waals surface area contributed by atoms with Crippen molar-refractivity contribution in [2.24, 2.45) is 0 Å². The third kappa shape index (κ3) is 59.8. The number of likely N-dealkylation sites (N-methyl/N-ethyl adjacent to an activating group) is 1. The van der Waals surface area contributed by atoms with E-state index in [-0.39, 0.29) is 31.5 Å². The maximum atomic E-state index is 13.6. The zero-order chi connectivity index (χ0) is 58.6. The number of carbonyl (C=O) groups excluding carboxylic acids is 2. The largest absolute Gasteiger partial charge is 0.472 e. The summed E-state index contributed by atoms with van der Waals surface area (Å²) >= 11 is 0. The molecule has 0 heterocycles. The lowest BCUT2D eigenvalue weighted by atomic mass is 10.0. The van der Waals surface area contributed by atoms with E-state index in [2.05, 4.69) is 99.0 Å². The highest BCUT2D eigenvalue weighted by Crippen LogP contribution is 2.43. The minimum Gasteiger partial charge on any atom is -0.456 e. The molecule has 10 heteroatoms. The molecule has 0 aliphatic rings. The van der Waals surface area contributed by atoms with E-state index in [9.17, 15) is 19.0 Å². The van der Waals surface area contributed by atoms with E-state index in [1.807, 2.05) is 33.3 Å². The molecule has 0 bridgehead atoms. The van der Waals surface area contributed by atoms with Gasteiger partial charge in [-0.2, -0.15) is 0 Å². The van der Waals surface area contributed by atoms with Gasteiger partial charge < -0.3 is 19.4 Å². The van der Waals surface area contributed by atoms with Crippen LogP contribution >= 0.6 is 7.82 Å². The van der Waals surface area contributed by atoms with Crippen molar-refractivity contribution >= 4 is 19.7 Å². The van der Waals surface area contributed by atoms with Gasteiger partial charge in [-0.15, -0.1) is 0 Å². The molecule has 3 atom stereocenters. The number of allylic oxidation sites excluding steroid dienone is 13. The number of rotatable bonds is 60. The summed E-state index contributed by atoms with van der Waals surface area (Å²) in [6, 6.07) is -0.863. The topological polar surface area (TPSA) is 111 Å². The first-order valence-corrected chi connectivity index (χ1v) is 34.9. The van der Waals surface area contributed by atoms with Gasteiger partial charge in [0.1, 0.15) is 19.3 Å². The Morgan fingerprint density at radius 3 is 1.21 bits per heavy atom. The summed E-state index contributed by atoms with van der Waals surface area (Å²) in [5, 5.41) is 3.05. The van der Waals surface area contributed by atoms with Gasteiger partial charge in [0, 0.05) is 12.8 Å². The number of carbonyl (C=O) groups is 2. The van der Waals surface area contributed by atoms with Gasteiger partial charge in [0.2, 0.25) is 5.91 Å². The molecule has 2 N–H and O–H groups in total. The standard InChI is InChI=1S/C70H127N2O7P/c1-7-10-13-16-19-22-25-28-30-32-34-36-38-40-42-44-47-50-53-56-59-62-69(73)71-67(66-78-80(75,76)77-65-64-72(4,5)6)68(61-58-55-52-49-46-27-24-21-18-15-12-9-3)79-70(74)63-60-57-54-51-48-45-43-41-39-37-35-33-31-29-26-23-20-17-14-11-8-2/h10,13,19,22,28-31,34,36,40,42,58,61,67-68H,7-9,11-12,14-18,20-21,23-27,32-33,35,37-39,41,43-57,59-60,62-66H2,1-6H3,(H-,71,73,75,76)/p+1/b13-10-,22-19-,30-28-,31-29+,36-34-,42-40-,61-58+. The molecule has 80 heavy (non-hydrogen) atoms. The van der Waals surface area contributed by atoms with Crippen LogP contribution in [0.2, 0.25) is 0 Å². The molecular formula is C70H128N2O7P+. The van der Waals surface area contributed by atoms with Crippen molar-refractivity contribution < 1.29 is 37.3 Å². The van der Waals surface area contributed by atoms with Gasteiger partial charge in [-0.1, -0.05) is 267 Å². The summed E-state index contributed by atoms with van der Waals surface area (Å²) in [6.07, 6.45) is 78.7. The third-order valence-corrected chi connectivity index (χ3v) is 15.6. The van der Waals surface area contributed by atoms with Crippen LogP contribution in [0, 0.1) is 0 Å². The smallest absolute Gasteiger partial charge is 0.456 e. The van der Waals surface area contributed by atoms with Crippen LogP contribution in [0.25, 0.3) is 0 Å². The summed E-state index contributed by atoms with van der Waals surface area (Å²) in [6.45, 7) is 6.90. The second-order valence-corrected chi connectivity index (χ2v) is 25.1. The Morgan fingerprint density at radius 2 is 0.800 bits per heavy atom. The first-order chi connectivity index (χ1) is 38.9. The number of phosphoric acid groups is 1. The Kier molecular flexibility index (Phi) is 57.3. The predicted octanol–water partition coefficient (Wildman–Crippen LogP) is 21.0. The van der Waals surface area contributed by atoms with Crippen molar-refractivity contribution in [1.29, 1.82) is 0 Å². The Balaban J connectivity index is 5.20. The van der Waals surface area contributed by atoms with Gasteiger partial charge in [-0.3, -0.25) is 18.6 Å². The van der Waals surface area contributed by atoms with Gasteiger partial charge in [0.05, 0.1) is 33.8 Å². The summed E-state index contributed by atoms with van der Waals surface area (Å²) in [5.41, 5.74) is 0. The highest BCUT2D eigenvalue weighted by atomic mass is 31.2. The van der Waals surface area contributed by atoms with E-state index in [4.69, 9.17) is 13.8 Å². The fraction of sp³-hybridized carbons (Fsp3) is 0.771. The van der Waals surface area contributed by atoms with Crippen LogP contribution in [0.15, 0.2) is 85.1 Å². The zero-order valence-electron chi connectivity index (χ0n) is 53.1. The van der Waals surface area contributed by atoms with Gasteiger partial charge >= 0.3 is 13.8 Å². The number of phosphoric ester groups is 1. The van der Waals surface area contributed by atoms with Gasteiger partial charge in [-0.25, -0.2) is 4.57 Å². The molecular weight excluding hydrogens is 1010 g/mol. The fourth-order valence-corrected chi connectivity index (χ4v) is 10.2. The molecule has 0 aromatic rings. The second kappa shape index (κ2) is 59.4. The minimum atomic E-state index is -4.46. The number of quaternary nitrogens is 1. The quantitative estimate of drug-likeness (QED) is 0.0205. The molecule has 0 fully saturated rings. The maximum absolute atomic E-state index is 13.6. The monoisotopic (exact) mass is 1140 g/mol. The fourth-order valence-electron chi connectivity index (χ4n) is 9.43. The number of hydrogen-bond acceptors (Lipinski definition) is 6. The van der Waals surface area contributed by atoms with Crippen LogP contribution < -0.4 is 5.32 Å². The Labute approximate surface area is 495 Å². The van der Waals surface area contributed by atoms with E-state index >= 15 is 0 Å². The average Bonchev–Trinajstić information content (AvgIpc) is 3.42. The Bertz CT molecular complexity index is 1640. The lowest BCUT2D eigenvalue weighted by Gasteiger charge is -2.27. The number of unbranched alkanes of at least 4 members (excludes halogenated alkanes) is 32. The normalized spacial score (nSPS) is 14.1. The Morgan fingerprint density at radius 1 is 0.450 bits per heavy atom. The van der Waals surface area contributed by atoms with E-state index < -0.39 is 20.0 Å². The van der Waals surface area contributed by atoms with Crippen LogP contribution in [0.4, 0.5) is 0 Å². The lowest BCUT2D eigenvalue weighted by molar-refractivity contribution is -0.870. The van der Waals surface area contributed by atoms with Crippen LogP contribution in [0.1, 0.15) is 297 Å². The third-order valence-electron chi connectivity index (χ3n) is 14.6. The minimum absolute atomic E-state index is 0.0332. The molecule has 464 valence electrons. The van der Waals surface area contributed by atoms with Crippen LogP contribution in [0.3, 0.4) is 0 Å². The van der Waals surface area contributed by atoms with Crippen molar-refractivity contribution in [3.8, 4) is 0 Å². The summed E-state index contributed by atoms with van der Waals surface area (Å²) < 4.78 is 30.8. The van der Waals surface area contributed by atoms with E-state index in [0.717, 1.165) is 109 Å². The molecule has 1 amide bonds. The van der Waals surface area contributed by atoms with Crippen molar-refractivity contribution in [1.82, 2.24) is 5.32 Å². The lowest BCUT2D eigenvalue weighted by Crippen LogP contribution is -2.47. The number of hydrogen-bond donors (Lipinski definition) is 2. The van der Waals surface area contributed by atoms with Crippen molar-refractivity contribution in [3.63, 3.8) is 0 Å². The van der Waals surface area contributed by atoms with Crippen molar-refractivity contribution in [2.45, 2.75) is 309 Å². The Hall–Kier alpha value is -2.81. The first kappa shape index (κ1) is 77.2. The summed E-state index contributed by atoms with van der Waals surface area (Å²) in [5.74, 6) is -0.524. The summed E-state index contributed by atoms with van der Waals surface area (Å²) in [4.78, 5) is 37.8. The van der Waals surface area contributed by atoms with Gasteiger partial charge in [0.25, 0.3) is 0 Å². The number of nitrogens with one attached hydrogen (secondary N) is 1. The van der Waals surface area contributed by atoms with Crippen LogP contribution in [-0.4, -0.2) is 74.3 Å². The molecule has 0 aliphatic heterocycles. The molecule has 0 saturated carbocycles. The molecule has 0 aromatic heterocycles. The molecule has 0 radical (unpaired) electrons. The number of ether oxygens (including phenoxy) is 1. The highest BCUT2D eigenvalue weighted by molar-refractivity contribution is 7.47.